The van der Waals surface area contributed by atoms with Crippen LogP contribution in [0.1, 0.15) is 13.3 Å². The number of halogens is 1. The number of carbonyl (C=O) groups excluding carboxylic acids is 1. The summed E-state index contributed by atoms with van der Waals surface area (Å²) < 4.78 is 15.7. The van der Waals surface area contributed by atoms with Gasteiger partial charge >= 0.3 is 0 Å². The first-order valence-electron chi connectivity index (χ1n) is 11.4. The quantitative estimate of drug-likeness (QED) is 0.478. The highest BCUT2D eigenvalue weighted by molar-refractivity contribution is 5.87. The van der Waals surface area contributed by atoms with Gasteiger partial charge in [0.15, 0.2) is 0 Å². The van der Waals surface area contributed by atoms with Gasteiger partial charge in [0, 0.05) is 62.6 Å². The lowest BCUT2D eigenvalue weighted by Gasteiger charge is -2.41. The van der Waals surface area contributed by atoms with Crippen molar-refractivity contribution in [1.29, 1.82) is 0 Å². The van der Waals surface area contributed by atoms with Crippen LogP contribution < -0.4 is 10.9 Å². The molecule has 1 N–H and O–H groups in total. The topological polar surface area (TPSA) is 101 Å². The van der Waals surface area contributed by atoms with Crippen molar-refractivity contribution >= 4 is 28.6 Å². The molecule has 1 atom stereocenters. The van der Waals surface area contributed by atoms with E-state index in [0.29, 0.717) is 43.5 Å². The minimum absolute atomic E-state index is 0.0460. The highest BCUT2D eigenvalue weighted by Gasteiger charge is 2.27. The fraction of sp³-hybridized carbons (Fsp3) is 0.435. The Kier molecular flexibility index (Phi) is 7.31. The summed E-state index contributed by atoms with van der Waals surface area (Å²) in [5, 5.41) is 7.90. The zero-order valence-electron chi connectivity index (χ0n) is 19.2. The van der Waals surface area contributed by atoms with E-state index in [4.69, 9.17) is 0 Å². The van der Waals surface area contributed by atoms with Crippen molar-refractivity contribution in [1.82, 2.24) is 34.1 Å². The molecular formula is C23H29FN8O2. The van der Waals surface area contributed by atoms with Gasteiger partial charge in [-0.15, -0.1) is 0 Å². The Labute approximate surface area is 196 Å². The zero-order valence-corrected chi connectivity index (χ0v) is 19.2. The summed E-state index contributed by atoms with van der Waals surface area (Å²) in [7, 11) is 0. The van der Waals surface area contributed by atoms with Gasteiger partial charge in [-0.25, -0.2) is 9.37 Å². The highest BCUT2D eigenvalue weighted by atomic mass is 19.1. The first-order chi connectivity index (χ1) is 16.5. The van der Waals surface area contributed by atoms with Crippen LogP contribution in [0.15, 0.2) is 48.2 Å². The molecule has 0 spiro atoms. The molecule has 1 saturated heterocycles. The summed E-state index contributed by atoms with van der Waals surface area (Å²) in [4.78, 5) is 37.8. The number of amides is 1. The van der Waals surface area contributed by atoms with Crippen molar-refractivity contribution in [3.05, 3.63) is 53.7 Å². The number of piperazine rings is 1. The molecule has 0 saturated carbocycles. The molecule has 3 aromatic rings. The summed E-state index contributed by atoms with van der Waals surface area (Å²) in [6, 6.07) is 3.46. The average molecular weight is 469 g/mol. The summed E-state index contributed by atoms with van der Waals surface area (Å²) in [5.41, 5.74) is 1.03. The van der Waals surface area contributed by atoms with Gasteiger partial charge in [-0.3, -0.25) is 23.7 Å². The van der Waals surface area contributed by atoms with E-state index in [1.54, 1.807) is 29.2 Å². The van der Waals surface area contributed by atoms with E-state index < -0.39 is 6.67 Å². The smallest absolute Gasteiger partial charge is 0.252 e. The van der Waals surface area contributed by atoms with E-state index in [9.17, 15) is 14.0 Å². The maximum atomic E-state index is 12.7. The molecule has 1 amide bonds. The Hall–Kier alpha value is -3.60. The predicted octanol–water partition coefficient (Wildman–Crippen LogP) is 1.81. The maximum absolute atomic E-state index is 12.7. The van der Waals surface area contributed by atoms with Gasteiger partial charge in [0.25, 0.3) is 5.56 Å². The lowest BCUT2D eigenvalue weighted by Crippen LogP contribution is -2.55. The molecule has 3 aromatic heterocycles. The average Bonchev–Trinajstić information content (AvgIpc) is 3.29. The lowest BCUT2D eigenvalue weighted by atomic mass is 10.1. The third-order valence-corrected chi connectivity index (χ3v) is 6.10. The number of aryl methyl sites for hydroxylation is 1. The van der Waals surface area contributed by atoms with Crippen molar-refractivity contribution in [2.45, 2.75) is 32.5 Å². The van der Waals surface area contributed by atoms with Crippen LogP contribution in [0.3, 0.4) is 0 Å². The van der Waals surface area contributed by atoms with Crippen molar-refractivity contribution in [3.63, 3.8) is 0 Å². The molecule has 0 bridgehead atoms. The Morgan fingerprint density at radius 3 is 2.88 bits per heavy atom. The summed E-state index contributed by atoms with van der Waals surface area (Å²) in [5.74, 6) is 0.282. The highest BCUT2D eigenvalue weighted by Crippen LogP contribution is 2.17. The van der Waals surface area contributed by atoms with E-state index in [2.05, 4.69) is 38.8 Å². The number of rotatable bonds is 9. The van der Waals surface area contributed by atoms with Crippen LogP contribution >= 0.6 is 0 Å². The van der Waals surface area contributed by atoms with Crippen molar-refractivity contribution in [3.8, 4) is 0 Å². The SMILES string of the molecule is C=CC(=O)N1CCN(CCn2c(=O)ccc3cnc(Nc4cnn(CCF)c4)nc32)[C@@H](CC)C1. The second-order valence-corrected chi connectivity index (χ2v) is 8.19. The van der Waals surface area contributed by atoms with Crippen LogP contribution in [-0.2, 0) is 17.9 Å². The minimum atomic E-state index is -0.502. The number of nitrogens with one attached hydrogen (secondary N) is 1. The number of hydrogen-bond donors (Lipinski definition) is 1. The number of fused-ring (bicyclic) bond motifs is 1. The minimum Gasteiger partial charge on any atom is -0.336 e. The van der Waals surface area contributed by atoms with Crippen LogP contribution in [0.25, 0.3) is 11.0 Å². The van der Waals surface area contributed by atoms with Gasteiger partial charge in [-0.1, -0.05) is 13.5 Å². The van der Waals surface area contributed by atoms with E-state index in [1.807, 2.05) is 4.90 Å². The maximum Gasteiger partial charge on any atom is 0.252 e. The second kappa shape index (κ2) is 10.6. The van der Waals surface area contributed by atoms with E-state index in [-0.39, 0.29) is 24.1 Å². The van der Waals surface area contributed by atoms with E-state index in [1.165, 1.54) is 16.8 Å². The molecule has 4 rings (SSSR count). The van der Waals surface area contributed by atoms with Crippen LogP contribution in [0.2, 0.25) is 0 Å². The second-order valence-electron chi connectivity index (χ2n) is 8.19. The molecule has 1 aliphatic rings. The normalized spacial score (nSPS) is 16.6. The Morgan fingerprint density at radius 2 is 2.12 bits per heavy atom. The number of carbonyl (C=O) groups is 1. The molecule has 1 fully saturated rings. The van der Waals surface area contributed by atoms with Crippen molar-refractivity contribution < 1.29 is 9.18 Å². The molecular weight excluding hydrogens is 439 g/mol. The Bertz CT molecular complexity index is 1220. The number of hydrogen-bond acceptors (Lipinski definition) is 7. The summed E-state index contributed by atoms with van der Waals surface area (Å²) in [6.45, 7) is 8.51. The van der Waals surface area contributed by atoms with Gasteiger partial charge in [-0.2, -0.15) is 10.1 Å². The third kappa shape index (κ3) is 5.14. The fourth-order valence-electron chi connectivity index (χ4n) is 4.25. The fourth-order valence-corrected chi connectivity index (χ4v) is 4.25. The number of anilines is 2. The molecule has 4 heterocycles. The van der Waals surface area contributed by atoms with E-state index >= 15 is 0 Å². The first kappa shape index (κ1) is 23.6. The van der Waals surface area contributed by atoms with Crippen LogP contribution in [0.5, 0.6) is 0 Å². The number of nitrogens with zero attached hydrogens (tertiary/aromatic N) is 7. The zero-order chi connectivity index (χ0) is 24.1. The Balaban J connectivity index is 1.52. The third-order valence-electron chi connectivity index (χ3n) is 6.10. The number of aromatic nitrogens is 5. The molecule has 0 aromatic carbocycles. The van der Waals surface area contributed by atoms with Gasteiger partial charge in [0.05, 0.1) is 18.4 Å². The molecule has 0 aliphatic carbocycles. The molecule has 34 heavy (non-hydrogen) atoms. The predicted molar refractivity (Wildman–Crippen MR) is 128 cm³/mol. The number of alkyl halides is 1. The van der Waals surface area contributed by atoms with Crippen LogP contribution in [0, 0.1) is 0 Å². The number of pyridine rings is 1. The largest absolute Gasteiger partial charge is 0.336 e. The van der Waals surface area contributed by atoms with Crippen LogP contribution in [-0.4, -0.2) is 78.9 Å². The Morgan fingerprint density at radius 1 is 1.26 bits per heavy atom. The lowest BCUT2D eigenvalue weighted by molar-refractivity contribution is -0.129. The molecule has 1 aliphatic heterocycles. The molecule has 10 nitrogen and oxygen atoms in total. The van der Waals surface area contributed by atoms with Gasteiger partial charge in [-0.05, 0) is 18.6 Å². The van der Waals surface area contributed by atoms with Crippen LogP contribution in [0.4, 0.5) is 16.0 Å². The first-order valence-corrected chi connectivity index (χ1v) is 11.4. The van der Waals surface area contributed by atoms with E-state index in [0.717, 1.165) is 18.4 Å². The molecule has 0 unspecified atom stereocenters. The van der Waals surface area contributed by atoms with Crippen molar-refractivity contribution in [2.75, 3.05) is 38.2 Å². The van der Waals surface area contributed by atoms with Gasteiger partial charge < -0.3 is 10.2 Å². The van der Waals surface area contributed by atoms with Gasteiger partial charge in [0.1, 0.15) is 12.3 Å². The standard InChI is InChI=1S/C23H29FN8O2/c1-3-19-16-30(20(33)4-2)10-9-29(19)11-12-32-21(34)6-5-17-13-25-23(28-22(17)32)27-18-14-26-31(15-18)8-7-24/h4-6,13-15,19H,2-3,7-12,16H2,1H3,(H,25,27,28)/t19-/m0/s1. The summed E-state index contributed by atoms with van der Waals surface area (Å²) in [6.07, 6.45) is 7.17. The van der Waals surface area contributed by atoms with Gasteiger partial charge in [0.2, 0.25) is 11.9 Å². The molecule has 180 valence electrons. The molecule has 0 radical (unpaired) electrons. The summed E-state index contributed by atoms with van der Waals surface area (Å²) >= 11 is 0. The molecule has 11 heteroatoms. The monoisotopic (exact) mass is 468 g/mol. The van der Waals surface area contributed by atoms with Crippen molar-refractivity contribution in [2.24, 2.45) is 0 Å².